The van der Waals surface area contributed by atoms with Crippen molar-refractivity contribution in [1.29, 1.82) is 0 Å². The van der Waals surface area contributed by atoms with Crippen LogP contribution in [-0.2, 0) is 4.79 Å². The zero-order chi connectivity index (χ0) is 14.4. The second-order valence-electron chi connectivity index (χ2n) is 3.78. The highest BCUT2D eigenvalue weighted by molar-refractivity contribution is 5.94. The van der Waals surface area contributed by atoms with Gasteiger partial charge in [-0.1, -0.05) is 0 Å². The summed E-state index contributed by atoms with van der Waals surface area (Å²) in [5.74, 6) is 1.87. The quantitative estimate of drug-likeness (QED) is 0.338. The van der Waals surface area contributed by atoms with Crippen LogP contribution in [-0.4, -0.2) is 18.4 Å². The van der Waals surface area contributed by atoms with Gasteiger partial charge >= 0.3 is 0 Å². The zero-order valence-electron chi connectivity index (χ0n) is 10.0. The number of hydrogen-bond donors (Lipinski definition) is 4. The maximum Gasteiger partial charge on any atom is 0.251 e. The molecule has 0 saturated carbocycles. The number of rotatable bonds is 6. The van der Waals surface area contributed by atoms with E-state index < -0.39 is 29.1 Å². The van der Waals surface area contributed by atoms with Crippen molar-refractivity contribution in [3.05, 3.63) is 29.3 Å². The molecule has 0 aliphatic heterocycles. The lowest BCUT2D eigenvalue weighted by molar-refractivity contribution is -0.118. The predicted octanol–water partition coefficient (Wildman–Crippen LogP) is 0.246. The van der Waals surface area contributed by atoms with Crippen LogP contribution in [0.3, 0.4) is 0 Å². The molecule has 0 saturated heterocycles. The molecule has 0 fully saturated rings. The number of nitrogens with two attached hydrogens (primary N) is 2. The predicted molar refractivity (Wildman–Crippen MR) is 64.9 cm³/mol. The average molecular weight is 272 g/mol. The Labute approximate surface area is 108 Å². The first kappa shape index (κ1) is 14.8. The molecule has 6 N–H and O–H groups in total. The first-order valence-electron chi connectivity index (χ1n) is 5.48. The molecule has 2 amide bonds. The molecule has 104 valence electrons. The normalized spacial score (nSPS) is 10.1. The van der Waals surface area contributed by atoms with Gasteiger partial charge in [0.15, 0.2) is 11.6 Å². The van der Waals surface area contributed by atoms with Crippen molar-refractivity contribution in [2.45, 2.75) is 12.8 Å². The van der Waals surface area contributed by atoms with E-state index in [1.807, 2.05) is 5.43 Å². The Morgan fingerprint density at radius 2 is 1.79 bits per heavy atom. The second-order valence-corrected chi connectivity index (χ2v) is 3.78. The van der Waals surface area contributed by atoms with Gasteiger partial charge in [0.1, 0.15) is 5.69 Å². The third-order valence-corrected chi connectivity index (χ3v) is 2.33. The summed E-state index contributed by atoms with van der Waals surface area (Å²) in [7, 11) is 0. The Bertz CT molecular complexity index is 471. The number of nitrogen functional groups attached to an aromatic ring is 1. The Hall–Kier alpha value is -2.22. The number of primary amides is 1. The van der Waals surface area contributed by atoms with Crippen molar-refractivity contribution in [3.63, 3.8) is 0 Å². The van der Waals surface area contributed by atoms with Crippen LogP contribution in [0.5, 0.6) is 0 Å². The lowest BCUT2D eigenvalue weighted by Crippen LogP contribution is -2.26. The van der Waals surface area contributed by atoms with Gasteiger partial charge in [-0.2, -0.15) is 0 Å². The first-order valence-corrected chi connectivity index (χ1v) is 5.48. The van der Waals surface area contributed by atoms with Gasteiger partial charge in [-0.3, -0.25) is 15.4 Å². The largest absolute Gasteiger partial charge is 0.370 e. The topological polar surface area (TPSA) is 110 Å². The van der Waals surface area contributed by atoms with Crippen molar-refractivity contribution in [2.75, 3.05) is 12.0 Å². The van der Waals surface area contributed by atoms with E-state index in [9.17, 15) is 18.4 Å². The number of benzene rings is 1. The van der Waals surface area contributed by atoms with Crippen molar-refractivity contribution in [1.82, 2.24) is 5.32 Å². The van der Waals surface area contributed by atoms with Crippen molar-refractivity contribution in [3.8, 4) is 0 Å². The van der Waals surface area contributed by atoms with Crippen LogP contribution in [0.1, 0.15) is 23.2 Å². The smallest absolute Gasteiger partial charge is 0.251 e. The van der Waals surface area contributed by atoms with Gasteiger partial charge in [-0.15, -0.1) is 0 Å². The zero-order valence-corrected chi connectivity index (χ0v) is 10.0. The van der Waals surface area contributed by atoms with Gasteiger partial charge in [0.25, 0.3) is 5.91 Å². The average Bonchev–Trinajstić information content (AvgIpc) is 2.33. The summed E-state index contributed by atoms with van der Waals surface area (Å²) in [4.78, 5) is 22.0. The Balaban J connectivity index is 2.65. The van der Waals surface area contributed by atoms with Gasteiger partial charge in [-0.05, 0) is 18.6 Å². The van der Waals surface area contributed by atoms with E-state index in [-0.39, 0.29) is 18.5 Å². The third kappa shape index (κ3) is 4.18. The van der Waals surface area contributed by atoms with Crippen LogP contribution in [0.4, 0.5) is 14.5 Å². The molecule has 0 heterocycles. The van der Waals surface area contributed by atoms with Crippen LogP contribution in [0, 0.1) is 11.6 Å². The number of hydrazine groups is 1. The number of carbonyl (C=O) groups is 2. The maximum atomic E-state index is 13.3. The van der Waals surface area contributed by atoms with Crippen molar-refractivity contribution in [2.24, 2.45) is 11.6 Å². The molecule has 0 spiro atoms. The SMILES string of the molecule is NNc1c(F)cc(C(=O)NCCCC(N)=O)cc1F. The van der Waals surface area contributed by atoms with Gasteiger partial charge in [0, 0.05) is 18.5 Å². The van der Waals surface area contributed by atoms with E-state index in [0.717, 1.165) is 12.1 Å². The molecule has 8 heteroatoms. The number of nitrogens with one attached hydrogen (secondary N) is 2. The van der Waals surface area contributed by atoms with Crippen LogP contribution in [0.15, 0.2) is 12.1 Å². The van der Waals surface area contributed by atoms with E-state index in [1.54, 1.807) is 0 Å². The number of hydrogen-bond acceptors (Lipinski definition) is 4. The molecule has 0 aliphatic rings. The van der Waals surface area contributed by atoms with Crippen molar-refractivity contribution >= 4 is 17.5 Å². The minimum atomic E-state index is -0.968. The standard InChI is InChI=1S/C11H14F2N4O2/c12-7-4-6(5-8(13)10(7)17-15)11(19)16-3-1-2-9(14)18/h4-5,17H,1-3,15H2,(H2,14,18)(H,16,19). The summed E-state index contributed by atoms with van der Waals surface area (Å²) in [6.07, 6.45) is 0.480. The highest BCUT2D eigenvalue weighted by Gasteiger charge is 2.14. The number of amides is 2. The molecule has 1 rings (SSSR count). The Morgan fingerprint density at radius 3 is 2.26 bits per heavy atom. The number of anilines is 1. The van der Waals surface area contributed by atoms with Crippen molar-refractivity contribution < 1.29 is 18.4 Å². The van der Waals surface area contributed by atoms with Gasteiger partial charge in [0.2, 0.25) is 5.91 Å². The molecule has 1 aromatic carbocycles. The van der Waals surface area contributed by atoms with E-state index in [1.165, 1.54) is 0 Å². The molecule has 1 aromatic rings. The Morgan fingerprint density at radius 1 is 1.21 bits per heavy atom. The van der Waals surface area contributed by atoms with Gasteiger partial charge < -0.3 is 16.5 Å². The molecule has 0 bridgehead atoms. The number of carbonyl (C=O) groups excluding carboxylic acids is 2. The monoisotopic (exact) mass is 272 g/mol. The van der Waals surface area contributed by atoms with Crippen LogP contribution >= 0.6 is 0 Å². The molecular formula is C11H14F2N4O2. The fourth-order valence-electron chi connectivity index (χ4n) is 1.41. The fraction of sp³-hybridized carbons (Fsp3) is 0.273. The first-order chi connectivity index (χ1) is 8.95. The number of halogens is 2. The maximum absolute atomic E-state index is 13.3. The summed E-state index contributed by atoms with van der Waals surface area (Å²) in [6, 6.07) is 1.73. The van der Waals surface area contributed by atoms with Crippen LogP contribution < -0.4 is 22.3 Å². The third-order valence-electron chi connectivity index (χ3n) is 2.33. The molecular weight excluding hydrogens is 258 g/mol. The molecule has 19 heavy (non-hydrogen) atoms. The minimum Gasteiger partial charge on any atom is -0.370 e. The molecule has 0 unspecified atom stereocenters. The molecule has 6 nitrogen and oxygen atoms in total. The van der Waals surface area contributed by atoms with Crippen LogP contribution in [0.25, 0.3) is 0 Å². The Kier molecular flexibility index (Phi) is 5.19. The van der Waals surface area contributed by atoms with Gasteiger partial charge in [0.05, 0.1) is 0 Å². The minimum absolute atomic E-state index is 0.124. The summed E-state index contributed by atoms with van der Waals surface area (Å²) in [5.41, 5.74) is 6.10. The lowest BCUT2D eigenvalue weighted by Gasteiger charge is -2.08. The fourth-order valence-corrected chi connectivity index (χ4v) is 1.41. The summed E-state index contributed by atoms with van der Waals surface area (Å²) >= 11 is 0. The molecule has 0 aliphatic carbocycles. The molecule has 0 aromatic heterocycles. The van der Waals surface area contributed by atoms with Crippen LogP contribution in [0.2, 0.25) is 0 Å². The van der Waals surface area contributed by atoms with E-state index in [4.69, 9.17) is 11.6 Å². The van der Waals surface area contributed by atoms with E-state index in [0.29, 0.717) is 6.42 Å². The second kappa shape index (κ2) is 6.64. The summed E-state index contributed by atoms with van der Waals surface area (Å²) < 4.78 is 26.7. The van der Waals surface area contributed by atoms with E-state index >= 15 is 0 Å². The molecule has 0 radical (unpaired) electrons. The summed E-state index contributed by atoms with van der Waals surface area (Å²) in [5, 5.41) is 2.41. The lowest BCUT2D eigenvalue weighted by atomic mass is 10.1. The summed E-state index contributed by atoms with van der Waals surface area (Å²) in [6.45, 7) is 0.182. The van der Waals surface area contributed by atoms with Gasteiger partial charge in [-0.25, -0.2) is 8.78 Å². The van der Waals surface area contributed by atoms with E-state index in [2.05, 4.69) is 5.32 Å². The highest BCUT2D eigenvalue weighted by Crippen LogP contribution is 2.19. The molecule has 0 atom stereocenters. The highest BCUT2D eigenvalue weighted by atomic mass is 19.1.